The molecule has 0 aliphatic carbocycles. The van der Waals surface area contributed by atoms with Gasteiger partial charge in [0.2, 0.25) is 0 Å². The van der Waals surface area contributed by atoms with Gasteiger partial charge in [-0.15, -0.1) is 12.8 Å². The average molecular weight is 197 g/mol. The second-order valence-electron chi connectivity index (χ2n) is 2.50. The summed E-state index contributed by atoms with van der Waals surface area (Å²) in [4.78, 5) is 0. The fourth-order valence-electron chi connectivity index (χ4n) is 0.533. The maximum absolute atomic E-state index is 5.61. The number of terminal acetylenes is 1. The van der Waals surface area contributed by atoms with Gasteiger partial charge >= 0.3 is 0 Å². The minimum Gasteiger partial charge on any atom is -0.124 e. The molecule has 0 saturated carbocycles. The highest BCUT2D eigenvalue weighted by molar-refractivity contribution is 6.30. The fraction of sp³-hybridized carbons (Fsp3) is 0.333. The van der Waals surface area contributed by atoms with Crippen LogP contribution in [0.2, 0.25) is 5.02 Å². The van der Waals surface area contributed by atoms with Crippen molar-refractivity contribution >= 4 is 11.6 Å². The van der Waals surface area contributed by atoms with Crippen molar-refractivity contribution in [3.05, 3.63) is 34.9 Å². The Balaban J connectivity index is 0. The molecule has 0 amide bonds. The first-order chi connectivity index (χ1) is 6.20. The van der Waals surface area contributed by atoms with Gasteiger partial charge in [0, 0.05) is 5.02 Å². The third kappa shape index (κ3) is 11.1. The zero-order valence-electron chi connectivity index (χ0n) is 8.55. The average Bonchev–Trinajstić information content (AvgIpc) is 2.15. The van der Waals surface area contributed by atoms with Gasteiger partial charge in [-0.2, -0.15) is 0 Å². The van der Waals surface area contributed by atoms with E-state index in [1.807, 2.05) is 31.2 Å². The molecular weight excluding hydrogens is 180 g/mol. The summed E-state index contributed by atoms with van der Waals surface area (Å²) in [6.45, 7) is 6.29. The highest BCUT2D eigenvalue weighted by Gasteiger charge is 1.81. The third-order valence-electron chi connectivity index (χ3n) is 1.01. The van der Waals surface area contributed by atoms with Gasteiger partial charge in [0.1, 0.15) is 0 Å². The number of hydrogen-bond acceptors (Lipinski definition) is 0. The van der Waals surface area contributed by atoms with E-state index in [4.69, 9.17) is 11.6 Å². The summed E-state index contributed by atoms with van der Waals surface area (Å²) >= 11 is 5.61. The van der Waals surface area contributed by atoms with E-state index in [0.29, 0.717) is 0 Å². The zero-order valence-corrected chi connectivity index (χ0v) is 9.31. The van der Waals surface area contributed by atoms with Crippen LogP contribution >= 0.6 is 11.6 Å². The quantitative estimate of drug-likeness (QED) is 0.543. The van der Waals surface area contributed by atoms with E-state index in [1.54, 1.807) is 0 Å². The Morgan fingerprint density at radius 2 is 1.38 bits per heavy atom. The zero-order chi connectivity index (χ0) is 10.7. The summed E-state index contributed by atoms with van der Waals surface area (Å²) in [5.74, 6) is 0. The Morgan fingerprint density at radius 1 is 1.08 bits per heavy atom. The molecule has 0 nitrogen and oxygen atoms in total. The fourth-order valence-corrected chi connectivity index (χ4v) is 0.659. The molecular formula is C12H17Cl. The number of benzene rings is 1. The van der Waals surface area contributed by atoms with Crippen LogP contribution in [0.3, 0.4) is 0 Å². The van der Waals surface area contributed by atoms with Crippen molar-refractivity contribution in [3.63, 3.8) is 0 Å². The molecule has 0 unspecified atom stereocenters. The van der Waals surface area contributed by atoms with Gasteiger partial charge in [-0.05, 0) is 19.1 Å². The van der Waals surface area contributed by atoms with E-state index >= 15 is 0 Å². The van der Waals surface area contributed by atoms with E-state index in [0.717, 1.165) is 5.02 Å². The lowest BCUT2D eigenvalue weighted by atomic mass is 10.2. The van der Waals surface area contributed by atoms with Crippen molar-refractivity contribution in [2.45, 2.75) is 27.2 Å². The molecule has 0 fully saturated rings. The summed E-state index contributed by atoms with van der Waals surface area (Å²) in [7, 11) is 0. The molecule has 0 heterocycles. The van der Waals surface area contributed by atoms with Crippen LogP contribution in [0, 0.1) is 19.8 Å². The Morgan fingerprint density at radius 3 is 1.62 bits per heavy atom. The summed E-state index contributed by atoms with van der Waals surface area (Å²) in [5, 5.41) is 0.801. The smallest absolute Gasteiger partial charge is 0.0406 e. The minimum atomic E-state index is 0.801. The SMILES string of the molecule is C#C.CCC.Cc1ccc(Cl)cc1. The first-order valence-electron chi connectivity index (χ1n) is 4.26. The number of rotatable bonds is 0. The van der Waals surface area contributed by atoms with Crippen LogP contribution < -0.4 is 0 Å². The summed E-state index contributed by atoms with van der Waals surface area (Å²) < 4.78 is 0. The lowest BCUT2D eigenvalue weighted by molar-refractivity contribution is 1.09. The molecule has 0 aliphatic heterocycles. The summed E-state index contributed by atoms with van der Waals surface area (Å²) in [5.41, 5.74) is 1.24. The summed E-state index contributed by atoms with van der Waals surface area (Å²) in [6, 6.07) is 7.75. The van der Waals surface area contributed by atoms with Crippen LogP contribution in [0.25, 0.3) is 0 Å². The van der Waals surface area contributed by atoms with Crippen molar-refractivity contribution in [2.75, 3.05) is 0 Å². The molecule has 0 spiro atoms. The lowest BCUT2D eigenvalue weighted by Gasteiger charge is -1.88. The van der Waals surface area contributed by atoms with Gasteiger partial charge < -0.3 is 0 Å². The van der Waals surface area contributed by atoms with E-state index in [-0.39, 0.29) is 0 Å². The topological polar surface area (TPSA) is 0 Å². The predicted octanol–water partition coefficient (Wildman–Crippen LogP) is 4.31. The molecule has 0 aromatic heterocycles. The van der Waals surface area contributed by atoms with Gasteiger partial charge in [0.25, 0.3) is 0 Å². The van der Waals surface area contributed by atoms with Crippen LogP contribution in [0.4, 0.5) is 0 Å². The van der Waals surface area contributed by atoms with Crippen LogP contribution in [-0.2, 0) is 0 Å². The van der Waals surface area contributed by atoms with Crippen molar-refractivity contribution in [3.8, 4) is 12.8 Å². The highest BCUT2D eigenvalue weighted by atomic mass is 35.5. The van der Waals surface area contributed by atoms with Crippen molar-refractivity contribution in [1.29, 1.82) is 0 Å². The first-order valence-corrected chi connectivity index (χ1v) is 4.64. The summed E-state index contributed by atoms with van der Waals surface area (Å²) in [6.07, 6.45) is 9.25. The second kappa shape index (κ2) is 11.1. The first kappa shape index (κ1) is 14.6. The maximum atomic E-state index is 5.61. The third-order valence-corrected chi connectivity index (χ3v) is 1.26. The monoisotopic (exact) mass is 196 g/mol. The van der Waals surface area contributed by atoms with Crippen molar-refractivity contribution in [1.82, 2.24) is 0 Å². The molecule has 72 valence electrons. The predicted molar refractivity (Wildman–Crippen MR) is 62.0 cm³/mol. The molecule has 0 radical (unpaired) electrons. The molecule has 1 heteroatoms. The largest absolute Gasteiger partial charge is 0.124 e. The molecule has 1 aromatic carbocycles. The van der Waals surface area contributed by atoms with Gasteiger partial charge in [-0.25, -0.2) is 0 Å². The minimum absolute atomic E-state index is 0.801. The molecule has 0 aliphatic rings. The Bertz CT molecular complexity index is 187. The van der Waals surface area contributed by atoms with E-state index in [9.17, 15) is 0 Å². The lowest BCUT2D eigenvalue weighted by Crippen LogP contribution is -1.66. The second-order valence-corrected chi connectivity index (χ2v) is 2.94. The standard InChI is InChI=1S/C7H7Cl.C3H8.C2H2/c1-6-2-4-7(8)5-3-6;1-3-2;1-2/h2-5H,1H3;3H2,1-2H3;1-2H. The molecule has 13 heavy (non-hydrogen) atoms. The number of aryl methyl sites for hydroxylation is 1. The Kier molecular flexibility index (Phi) is 12.4. The van der Waals surface area contributed by atoms with Gasteiger partial charge in [-0.1, -0.05) is 49.6 Å². The van der Waals surface area contributed by atoms with Crippen molar-refractivity contribution in [2.24, 2.45) is 0 Å². The normalized spacial score (nSPS) is 7.23. The van der Waals surface area contributed by atoms with Gasteiger partial charge in [-0.3, -0.25) is 0 Å². The van der Waals surface area contributed by atoms with Gasteiger partial charge in [0.15, 0.2) is 0 Å². The Labute approximate surface area is 86.9 Å². The molecule has 0 N–H and O–H groups in total. The number of hydrogen-bond donors (Lipinski definition) is 0. The molecule has 1 rings (SSSR count). The van der Waals surface area contributed by atoms with Crippen molar-refractivity contribution < 1.29 is 0 Å². The van der Waals surface area contributed by atoms with Crippen LogP contribution in [0.5, 0.6) is 0 Å². The highest BCUT2D eigenvalue weighted by Crippen LogP contribution is 2.07. The van der Waals surface area contributed by atoms with E-state index < -0.39 is 0 Å². The van der Waals surface area contributed by atoms with Crippen LogP contribution in [0.15, 0.2) is 24.3 Å². The van der Waals surface area contributed by atoms with Gasteiger partial charge in [0.05, 0.1) is 0 Å². The molecule has 1 aromatic rings. The van der Waals surface area contributed by atoms with E-state index in [1.165, 1.54) is 12.0 Å². The molecule has 0 atom stereocenters. The van der Waals surface area contributed by atoms with Crippen LogP contribution in [0.1, 0.15) is 25.8 Å². The molecule has 0 bridgehead atoms. The van der Waals surface area contributed by atoms with Crippen LogP contribution in [-0.4, -0.2) is 0 Å². The maximum Gasteiger partial charge on any atom is 0.0406 e. The molecule has 0 saturated heterocycles. The number of halogens is 1. The van der Waals surface area contributed by atoms with E-state index in [2.05, 4.69) is 26.7 Å². The Hall–Kier alpha value is -0.930.